The van der Waals surface area contributed by atoms with Gasteiger partial charge in [-0.15, -0.1) is 11.3 Å². The van der Waals surface area contributed by atoms with Crippen molar-refractivity contribution in [3.8, 4) is 10.4 Å². The average molecular weight is 205 g/mol. The quantitative estimate of drug-likeness (QED) is 0.750. The number of nitrogen functional groups attached to an aromatic ring is 2. The van der Waals surface area contributed by atoms with Crippen LogP contribution in [0.1, 0.15) is 4.88 Å². The molecular weight excluding hydrogens is 194 g/mol. The Morgan fingerprint density at radius 3 is 2.64 bits per heavy atom. The first-order chi connectivity index (χ1) is 6.68. The van der Waals surface area contributed by atoms with Crippen molar-refractivity contribution in [2.75, 3.05) is 11.5 Å². The fourth-order valence-electron chi connectivity index (χ4n) is 1.28. The lowest BCUT2D eigenvalue weighted by atomic mass is 10.2. The number of nitrogens with zero attached hydrogens (tertiary/aromatic N) is 1. The van der Waals surface area contributed by atoms with Crippen molar-refractivity contribution in [1.29, 1.82) is 0 Å². The van der Waals surface area contributed by atoms with E-state index in [1.807, 2.05) is 12.1 Å². The van der Waals surface area contributed by atoms with Gasteiger partial charge in [-0.3, -0.25) is 0 Å². The van der Waals surface area contributed by atoms with E-state index in [1.54, 1.807) is 17.5 Å². The van der Waals surface area contributed by atoms with Gasteiger partial charge in [0.15, 0.2) is 0 Å². The van der Waals surface area contributed by atoms with Crippen LogP contribution in [-0.2, 0) is 0 Å². The minimum absolute atomic E-state index is 0.397. The maximum atomic E-state index is 5.84. The monoisotopic (exact) mass is 205 g/mol. The molecule has 2 aromatic heterocycles. The highest BCUT2D eigenvalue weighted by Gasteiger charge is 2.07. The Labute approximate surface area is 86.4 Å². The van der Waals surface area contributed by atoms with Crippen molar-refractivity contribution in [3.63, 3.8) is 0 Å². The zero-order valence-electron chi connectivity index (χ0n) is 7.82. The van der Waals surface area contributed by atoms with Crippen LogP contribution in [0.5, 0.6) is 0 Å². The second-order valence-corrected chi connectivity index (χ2v) is 4.36. The van der Waals surface area contributed by atoms with Crippen molar-refractivity contribution in [3.05, 3.63) is 29.3 Å². The molecule has 0 fully saturated rings. The Morgan fingerprint density at radius 1 is 1.21 bits per heavy atom. The van der Waals surface area contributed by atoms with Gasteiger partial charge in [0.25, 0.3) is 0 Å². The van der Waals surface area contributed by atoms with E-state index in [0.717, 1.165) is 10.4 Å². The van der Waals surface area contributed by atoms with Crippen LogP contribution in [0.4, 0.5) is 11.5 Å². The average Bonchev–Trinajstić information content (AvgIpc) is 2.57. The molecule has 0 atom stereocenters. The van der Waals surface area contributed by atoms with Crippen molar-refractivity contribution in [1.82, 2.24) is 4.98 Å². The SMILES string of the molecule is Cc1ccc(-c2ccnc(N)c2N)s1. The van der Waals surface area contributed by atoms with Crippen LogP contribution in [0.3, 0.4) is 0 Å². The Balaban J connectivity index is 2.57. The first-order valence-corrected chi connectivity index (χ1v) is 5.07. The number of pyridine rings is 1. The van der Waals surface area contributed by atoms with Gasteiger partial charge >= 0.3 is 0 Å². The van der Waals surface area contributed by atoms with Crippen LogP contribution in [0.2, 0.25) is 0 Å². The number of thiophene rings is 1. The molecule has 14 heavy (non-hydrogen) atoms. The van der Waals surface area contributed by atoms with Crippen LogP contribution in [0.15, 0.2) is 24.4 Å². The minimum Gasteiger partial charge on any atom is -0.395 e. The summed E-state index contributed by atoms with van der Waals surface area (Å²) >= 11 is 1.70. The van der Waals surface area contributed by atoms with Gasteiger partial charge in [0.2, 0.25) is 0 Å². The van der Waals surface area contributed by atoms with E-state index in [0.29, 0.717) is 11.5 Å². The summed E-state index contributed by atoms with van der Waals surface area (Å²) in [4.78, 5) is 6.32. The predicted molar refractivity (Wildman–Crippen MR) is 61.1 cm³/mol. The van der Waals surface area contributed by atoms with E-state index in [4.69, 9.17) is 11.5 Å². The fourth-order valence-corrected chi connectivity index (χ4v) is 2.19. The molecule has 0 unspecified atom stereocenters. The van der Waals surface area contributed by atoms with E-state index in [2.05, 4.69) is 18.0 Å². The number of nitrogens with two attached hydrogens (primary N) is 2. The van der Waals surface area contributed by atoms with Gasteiger partial charge in [-0.25, -0.2) is 4.98 Å². The number of aryl methyl sites for hydroxylation is 1. The molecule has 0 bridgehead atoms. The molecule has 2 heterocycles. The lowest BCUT2D eigenvalue weighted by molar-refractivity contribution is 1.34. The smallest absolute Gasteiger partial charge is 0.147 e. The van der Waals surface area contributed by atoms with Gasteiger partial charge in [0, 0.05) is 21.5 Å². The van der Waals surface area contributed by atoms with Crippen LogP contribution in [-0.4, -0.2) is 4.98 Å². The summed E-state index contributed by atoms with van der Waals surface area (Å²) in [5.74, 6) is 0.397. The molecule has 0 saturated carbocycles. The van der Waals surface area contributed by atoms with Crippen LogP contribution < -0.4 is 11.5 Å². The maximum absolute atomic E-state index is 5.84. The molecule has 72 valence electrons. The Kier molecular flexibility index (Phi) is 2.13. The van der Waals surface area contributed by atoms with Gasteiger partial charge in [-0.2, -0.15) is 0 Å². The van der Waals surface area contributed by atoms with E-state index < -0.39 is 0 Å². The molecule has 0 radical (unpaired) electrons. The highest BCUT2D eigenvalue weighted by Crippen LogP contribution is 2.33. The number of rotatable bonds is 1. The fraction of sp³-hybridized carbons (Fsp3) is 0.100. The summed E-state index contributed by atoms with van der Waals surface area (Å²) in [5.41, 5.74) is 13.0. The summed E-state index contributed by atoms with van der Waals surface area (Å²) in [6, 6.07) is 6.00. The summed E-state index contributed by atoms with van der Waals surface area (Å²) in [6.45, 7) is 2.06. The van der Waals surface area contributed by atoms with E-state index in [9.17, 15) is 0 Å². The lowest BCUT2D eigenvalue weighted by Crippen LogP contribution is -1.98. The van der Waals surface area contributed by atoms with Gasteiger partial charge in [-0.1, -0.05) is 0 Å². The molecule has 0 amide bonds. The standard InChI is InChI=1S/C10H11N3S/c1-6-2-3-8(14-6)7-4-5-13-10(12)9(7)11/h2-5H,11H2,1H3,(H2,12,13). The highest BCUT2D eigenvalue weighted by molar-refractivity contribution is 7.15. The molecule has 3 nitrogen and oxygen atoms in total. The molecule has 0 aliphatic rings. The zero-order chi connectivity index (χ0) is 10.1. The minimum atomic E-state index is 0.397. The molecule has 0 aromatic carbocycles. The van der Waals surface area contributed by atoms with Crippen molar-refractivity contribution < 1.29 is 0 Å². The largest absolute Gasteiger partial charge is 0.395 e. The van der Waals surface area contributed by atoms with E-state index in [-0.39, 0.29) is 0 Å². The van der Waals surface area contributed by atoms with Gasteiger partial charge in [-0.05, 0) is 25.1 Å². The van der Waals surface area contributed by atoms with Crippen LogP contribution in [0, 0.1) is 6.92 Å². The van der Waals surface area contributed by atoms with E-state index in [1.165, 1.54) is 4.88 Å². The second-order valence-electron chi connectivity index (χ2n) is 3.07. The maximum Gasteiger partial charge on any atom is 0.147 e. The van der Waals surface area contributed by atoms with Crippen LogP contribution >= 0.6 is 11.3 Å². The summed E-state index contributed by atoms with van der Waals surface area (Å²) in [5, 5.41) is 0. The molecular formula is C10H11N3S. The number of hydrogen-bond donors (Lipinski definition) is 2. The Morgan fingerprint density at radius 2 is 2.00 bits per heavy atom. The van der Waals surface area contributed by atoms with Gasteiger partial charge in [0.1, 0.15) is 5.82 Å². The summed E-state index contributed by atoms with van der Waals surface area (Å²) in [7, 11) is 0. The third-order valence-electron chi connectivity index (χ3n) is 2.03. The second kappa shape index (κ2) is 3.31. The third kappa shape index (κ3) is 1.44. The Bertz CT molecular complexity index is 462. The van der Waals surface area contributed by atoms with E-state index >= 15 is 0 Å². The Hall–Kier alpha value is -1.55. The van der Waals surface area contributed by atoms with Gasteiger partial charge in [0.05, 0.1) is 5.69 Å². The molecule has 0 aliphatic heterocycles. The van der Waals surface area contributed by atoms with Crippen molar-refractivity contribution >= 4 is 22.8 Å². The van der Waals surface area contributed by atoms with Crippen molar-refractivity contribution in [2.24, 2.45) is 0 Å². The molecule has 2 aromatic rings. The normalized spacial score (nSPS) is 10.4. The highest BCUT2D eigenvalue weighted by atomic mass is 32.1. The molecule has 4 N–H and O–H groups in total. The summed E-state index contributed by atoms with van der Waals surface area (Å²) in [6.07, 6.45) is 1.68. The van der Waals surface area contributed by atoms with Crippen molar-refractivity contribution in [2.45, 2.75) is 6.92 Å². The van der Waals surface area contributed by atoms with Gasteiger partial charge < -0.3 is 11.5 Å². The third-order valence-corrected chi connectivity index (χ3v) is 3.06. The molecule has 0 saturated heterocycles. The zero-order valence-corrected chi connectivity index (χ0v) is 8.64. The molecule has 0 spiro atoms. The molecule has 0 aliphatic carbocycles. The molecule has 2 rings (SSSR count). The van der Waals surface area contributed by atoms with Crippen LogP contribution in [0.25, 0.3) is 10.4 Å². The number of anilines is 2. The summed E-state index contributed by atoms with van der Waals surface area (Å²) < 4.78 is 0. The first kappa shape index (κ1) is 9.02. The number of hydrogen-bond acceptors (Lipinski definition) is 4. The first-order valence-electron chi connectivity index (χ1n) is 4.25. The topological polar surface area (TPSA) is 64.9 Å². The number of aromatic nitrogens is 1. The molecule has 4 heteroatoms. The lowest BCUT2D eigenvalue weighted by Gasteiger charge is -2.04. The predicted octanol–water partition coefficient (Wildman–Crippen LogP) is 2.28.